The van der Waals surface area contributed by atoms with Crippen molar-refractivity contribution in [2.75, 3.05) is 20.8 Å². The molecule has 1 saturated heterocycles. The first-order valence-electron chi connectivity index (χ1n) is 10.00. The van der Waals surface area contributed by atoms with E-state index >= 15 is 0 Å². The van der Waals surface area contributed by atoms with Gasteiger partial charge in [-0.05, 0) is 68.1 Å². The summed E-state index contributed by atoms with van der Waals surface area (Å²) in [5.41, 5.74) is 4.85. The van der Waals surface area contributed by atoms with Gasteiger partial charge in [-0.3, -0.25) is 4.90 Å². The summed E-state index contributed by atoms with van der Waals surface area (Å²) in [6.07, 6.45) is 2.16. The minimum Gasteiger partial charge on any atom is -0.497 e. The van der Waals surface area contributed by atoms with E-state index in [1.807, 2.05) is 25.1 Å². The SMILES string of the molecule is COc1ccc([C@H]2CCCN2Cc2cc(=O)oc3cc(C)c(C)cc23)c(OC)c1. The lowest BCUT2D eigenvalue weighted by atomic mass is 10.0. The number of hydrogen-bond donors (Lipinski definition) is 0. The van der Waals surface area contributed by atoms with Crippen molar-refractivity contribution in [1.29, 1.82) is 0 Å². The largest absolute Gasteiger partial charge is 0.497 e. The molecule has 0 aliphatic carbocycles. The molecule has 5 nitrogen and oxygen atoms in total. The highest BCUT2D eigenvalue weighted by molar-refractivity contribution is 5.81. The molecule has 1 fully saturated rings. The minimum absolute atomic E-state index is 0.240. The van der Waals surface area contributed by atoms with E-state index < -0.39 is 0 Å². The van der Waals surface area contributed by atoms with Crippen LogP contribution in [0.25, 0.3) is 11.0 Å². The van der Waals surface area contributed by atoms with E-state index in [0.29, 0.717) is 12.1 Å². The molecule has 1 aliphatic heterocycles. The van der Waals surface area contributed by atoms with Crippen LogP contribution in [0.2, 0.25) is 0 Å². The fourth-order valence-electron chi connectivity index (χ4n) is 4.29. The van der Waals surface area contributed by atoms with Gasteiger partial charge in [0.2, 0.25) is 0 Å². The number of likely N-dealkylation sites (tertiary alicyclic amines) is 1. The first-order valence-corrected chi connectivity index (χ1v) is 10.00. The number of nitrogens with zero attached hydrogens (tertiary/aromatic N) is 1. The van der Waals surface area contributed by atoms with Gasteiger partial charge in [-0.15, -0.1) is 0 Å². The van der Waals surface area contributed by atoms with Gasteiger partial charge in [-0.2, -0.15) is 0 Å². The second kappa shape index (κ2) is 7.91. The average Bonchev–Trinajstić information content (AvgIpc) is 3.16. The summed E-state index contributed by atoms with van der Waals surface area (Å²) in [5, 5.41) is 1.01. The second-order valence-corrected chi connectivity index (χ2v) is 7.76. The Morgan fingerprint density at radius 1 is 1.07 bits per heavy atom. The molecule has 1 atom stereocenters. The molecule has 3 aromatic rings. The van der Waals surface area contributed by atoms with E-state index in [-0.39, 0.29) is 11.7 Å². The van der Waals surface area contributed by atoms with Crippen LogP contribution in [0.1, 0.15) is 41.1 Å². The minimum atomic E-state index is -0.298. The summed E-state index contributed by atoms with van der Waals surface area (Å²) in [6.45, 7) is 5.80. The van der Waals surface area contributed by atoms with Gasteiger partial charge in [-0.1, -0.05) is 6.07 Å². The van der Waals surface area contributed by atoms with Crippen LogP contribution >= 0.6 is 0 Å². The Balaban J connectivity index is 1.71. The molecule has 152 valence electrons. The zero-order chi connectivity index (χ0) is 20.5. The quantitative estimate of drug-likeness (QED) is 0.585. The normalized spacial score (nSPS) is 17.0. The third-order valence-corrected chi connectivity index (χ3v) is 5.98. The Hall–Kier alpha value is -2.79. The fourth-order valence-corrected chi connectivity index (χ4v) is 4.29. The fraction of sp³-hybridized carbons (Fsp3) is 0.375. The molecule has 0 spiro atoms. The summed E-state index contributed by atoms with van der Waals surface area (Å²) in [6, 6.07) is 12.0. The van der Waals surface area contributed by atoms with Crippen LogP contribution in [0.5, 0.6) is 11.5 Å². The van der Waals surface area contributed by atoms with Gasteiger partial charge in [0, 0.05) is 35.7 Å². The lowest BCUT2D eigenvalue weighted by molar-refractivity contribution is 0.243. The molecule has 0 radical (unpaired) electrons. The van der Waals surface area contributed by atoms with Crippen LogP contribution in [0.15, 0.2) is 45.6 Å². The molecular formula is C24H27NO4. The Bertz CT molecular complexity index is 1100. The molecule has 2 heterocycles. The van der Waals surface area contributed by atoms with E-state index in [9.17, 15) is 4.79 Å². The molecule has 29 heavy (non-hydrogen) atoms. The summed E-state index contributed by atoms with van der Waals surface area (Å²) < 4.78 is 16.5. The Morgan fingerprint density at radius 3 is 2.62 bits per heavy atom. The number of hydrogen-bond acceptors (Lipinski definition) is 5. The van der Waals surface area contributed by atoms with E-state index in [0.717, 1.165) is 53.0 Å². The Kier molecular flexibility index (Phi) is 5.33. The number of aryl methyl sites for hydroxylation is 2. The zero-order valence-corrected chi connectivity index (χ0v) is 17.5. The highest BCUT2D eigenvalue weighted by atomic mass is 16.5. The lowest BCUT2D eigenvalue weighted by Gasteiger charge is -2.27. The van der Waals surface area contributed by atoms with Crippen molar-refractivity contribution in [2.45, 2.75) is 39.3 Å². The van der Waals surface area contributed by atoms with Crippen molar-refractivity contribution in [2.24, 2.45) is 0 Å². The molecule has 4 rings (SSSR count). The highest BCUT2D eigenvalue weighted by Gasteiger charge is 2.29. The smallest absolute Gasteiger partial charge is 0.336 e. The van der Waals surface area contributed by atoms with Crippen molar-refractivity contribution >= 4 is 11.0 Å². The van der Waals surface area contributed by atoms with Crippen LogP contribution in [0.4, 0.5) is 0 Å². The van der Waals surface area contributed by atoms with Crippen LogP contribution in [0.3, 0.4) is 0 Å². The van der Waals surface area contributed by atoms with E-state index in [1.54, 1.807) is 20.3 Å². The van der Waals surface area contributed by atoms with Crippen molar-refractivity contribution in [3.63, 3.8) is 0 Å². The van der Waals surface area contributed by atoms with Gasteiger partial charge in [0.15, 0.2) is 0 Å². The van der Waals surface area contributed by atoms with Gasteiger partial charge in [-0.25, -0.2) is 4.79 Å². The van der Waals surface area contributed by atoms with Gasteiger partial charge in [0.1, 0.15) is 17.1 Å². The molecular weight excluding hydrogens is 366 g/mol. The van der Waals surface area contributed by atoms with Gasteiger partial charge in [0.25, 0.3) is 0 Å². The van der Waals surface area contributed by atoms with Gasteiger partial charge >= 0.3 is 5.63 Å². The zero-order valence-electron chi connectivity index (χ0n) is 17.5. The monoisotopic (exact) mass is 393 g/mol. The van der Waals surface area contributed by atoms with Crippen LogP contribution in [-0.2, 0) is 6.54 Å². The number of fused-ring (bicyclic) bond motifs is 1. The Morgan fingerprint density at radius 2 is 1.86 bits per heavy atom. The molecule has 0 N–H and O–H groups in total. The van der Waals surface area contributed by atoms with Crippen LogP contribution < -0.4 is 15.1 Å². The van der Waals surface area contributed by atoms with Crippen molar-refractivity contribution < 1.29 is 13.9 Å². The van der Waals surface area contributed by atoms with Crippen molar-refractivity contribution in [1.82, 2.24) is 4.90 Å². The second-order valence-electron chi connectivity index (χ2n) is 7.76. The number of benzene rings is 2. The first kappa shape index (κ1) is 19.5. The van der Waals surface area contributed by atoms with Crippen LogP contribution in [0, 0.1) is 13.8 Å². The lowest BCUT2D eigenvalue weighted by Crippen LogP contribution is -2.24. The number of methoxy groups -OCH3 is 2. The molecule has 0 bridgehead atoms. The molecule has 0 unspecified atom stereocenters. The van der Waals surface area contributed by atoms with Crippen LogP contribution in [-0.4, -0.2) is 25.7 Å². The van der Waals surface area contributed by atoms with E-state index in [4.69, 9.17) is 13.9 Å². The van der Waals surface area contributed by atoms with E-state index in [1.165, 1.54) is 5.56 Å². The standard InChI is InChI=1S/C24H27NO4/c1-15-10-20-17(12-24(26)29-23(20)11-16(15)2)14-25-9-5-6-21(25)19-8-7-18(27-3)13-22(19)28-4/h7-8,10-13,21H,5-6,9,14H2,1-4H3/t21-/m1/s1. The topological polar surface area (TPSA) is 51.9 Å². The summed E-state index contributed by atoms with van der Waals surface area (Å²) in [5.74, 6) is 1.62. The molecule has 5 heteroatoms. The third kappa shape index (κ3) is 3.75. The molecule has 2 aromatic carbocycles. The summed E-state index contributed by atoms with van der Waals surface area (Å²) in [7, 11) is 3.35. The molecule has 0 amide bonds. The van der Waals surface area contributed by atoms with Gasteiger partial charge < -0.3 is 13.9 Å². The molecule has 1 aromatic heterocycles. The predicted molar refractivity (Wildman–Crippen MR) is 114 cm³/mol. The summed E-state index contributed by atoms with van der Waals surface area (Å²) in [4.78, 5) is 14.6. The van der Waals surface area contributed by atoms with E-state index in [2.05, 4.69) is 24.0 Å². The number of ether oxygens (including phenoxy) is 2. The molecule has 1 aliphatic rings. The third-order valence-electron chi connectivity index (χ3n) is 5.98. The molecule has 0 saturated carbocycles. The maximum atomic E-state index is 12.2. The maximum absolute atomic E-state index is 12.2. The highest BCUT2D eigenvalue weighted by Crippen LogP contribution is 2.39. The predicted octanol–water partition coefficient (Wildman–Crippen LogP) is 4.76. The van der Waals surface area contributed by atoms with Gasteiger partial charge in [0.05, 0.1) is 14.2 Å². The summed E-state index contributed by atoms with van der Waals surface area (Å²) >= 11 is 0. The number of rotatable bonds is 5. The van der Waals surface area contributed by atoms with Crippen molar-refractivity contribution in [3.8, 4) is 11.5 Å². The average molecular weight is 393 g/mol. The Labute approximate surface area is 170 Å². The first-order chi connectivity index (χ1) is 14.0. The maximum Gasteiger partial charge on any atom is 0.336 e. The van der Waals surface area contributed by atoms with Crippen molar-refractivity contribution in [3.05, 3.63) is 69.1 Å².